The van der Waals surface area contributed by atoms with Crippen LogP contribution in [-0.4, -0.2) is 19.9 Å². The molecule has 0 unspecified atom stereocenters. The summed E-state index contributed by atoms with van der Waals surface area (Å²) in [7, 11) is 0. The fraction of sp³-hybridized carbons (Fsp3) is 0.158. The van der Waals surface area contributed by atoms with Crippen molar-refractivity contribution in [1.82, 2.24) is 19.9 Å². The molecular weight excluding hydrogens is 512 g/mol. The SMILES string of the molecule is CC(C)(C)c1cc(-c2cccc(-c3cc(-c4ccccc4)nc(C4=CCCC=C4)n3)c2)c2ccc3cccnc3c2n1. The number of allylic oxidation sites excluding steroid dienone is 4. The number of rotatable bonds is 4. The van der Waals surface area contributed by atoms with Crippen molar-refractivity contribution in [2.75, 3.05) is 0 Å². The molecule has 3 heterocycles. The first kappa shape index (κ1) is 26.0. The summed E-state index contributed by atoms with van der Waals surface area (Å²) < 4.78 is 0. The highest BCUT2D eigenvalue weighted by molar-refractivity contribution is 6.08. The third-order valence-electron chi connectivity index (χ3n) is 7.84. The van der Waals surface area contributed by atoms with E-state index in [1.54, 1.807) is 0 Å². The molecule has 0 radical (unpaired) electrons. The Hall–Kier alpha value is -4.96. The molecule has 3 aromatic carbocycles. The summed E-state index contributed by atoms with van der Waals surface area (Å²) in [5, 5.41) is 2.19. The van der Waals surface area contributed by atoms with Crippen molar-refractivity contribution in [3.05, 3.63) is 127 Å². The van der Waals surface area contributed by atoms with Crippen molar-refractivity contribution in [2.24, 2.45) is 0 Å². The molecular formula is C38H32N4. The van der Waals surface area contributed by atoms with Gasteiger partial charge >= 0.3 is 0 Å². The number of pyridine rings is 2. The summed E-state index contributed by atoms with van der Waals surface area (Å²) in [6.45, 7) is 6.63. The van der Waals surface area contributed by atoms with Crippen LogP contribution in [0.4, 0.5) is 0 Å². The lowest BCUT2D eigenvalue weighted by atomic mass is 9.88. The predicted molar refractivity (Wildman–Crippen MR) is 174 cm³/mol. The monoisotopic (exact) mass is 544 g/mol. The van der Waals surface area contributed by atoms with Gasteiger partial charge in [-0.15, -0.1) is 0 Å². The van der Waals surface area contributed by atoms with Gasteiger partial charge in [0, 0.05) is 44.8 Å². The van der Waals surface area contributed by atoms with E-state index in [0.717, 1.165) is 85.4 Å². The summed E-state index contributed by atoms with van der Waals surface area (Å²) in [4.78, 5) is 20.0. The van der Waals surface area contributed by atoms with Crippen molar-refractivity contribution in [2.45, 2.75) is 39.0 Å². The van der Waals surface area contributed by atoms with Crippen molar-refractivity contribution in [3.8, 4) is 33.6 Å². The molecule has 0 amide bonds. The maximum absolute atomic E-state index is 5.15. The molecule has 0 bridgehead atoms. The highest BCUT2D eigenvalue weighted by atomic mass is 14.9. The first-order chi connectivity index (χ1) is 20.4. The van der Waals surface area contributed by atoms with Gasteiger partial charge in [0.05, 0.1) is 22.4 Å². The molecule has 0 spiro atoms. The summed E-state index contributed by atoms with van der Waals surface area (Å²) in [6, 6.07) is 31.8. The lowest BCUT2D eigenvalue weighted by Gasteiger charge is -2.21. The van der Waals surface area contributed by atoms with Gasteiger partial charge in [0.25, 0.3) is 0 Å². The highest BCUT2D eigenvalue weighted by Gasteiger charge is 2.20. The zero-order valence-electron chi connectivity index (χ0n) is 24.2. The fourth-order valence-electron chi connectivity index (χ4n) is 5.56. The van der Waals surface area contributed by atoms with E-state index in [0.29, 0.717) is 0 Å². The van der Waals surface area contributed by atoms with Crippen molar-refractivity contribution >= 4 is 27.4 Å². The first-order valence-corrected chi connectivity index (χ1v) is 14.6. The van der Waals surface area contributed by atoms with Crippen LogP contribution in [0.3, 0.4) is 0 Å². The van der Waals surface area contributed by atoms with Crippen LogP contribution >= 0.6 is 0 Å². The van der Waals surface area contributed by atoms with Gasteiger partial charge in [0.1, 0.15) is 0 Å². The second kappa shape index (κ2) is 10.5. The molecule has 204 valence electrons. The minimum atomic E-state index is -0.120. The average molecular weight is 545 g/mol. The van der Waals surface area contributed by atoms with E-state index in [9.17, 15) is 0 Å². The highest BCUT2D eigenvalue weighted by Crippen LogP contribution is 2.37. The number of nitrogens with zero attached hydrogens (tertiary/aromatic N) is 4. The van der Waals surface area contributed by atoms with Crippen LogP contribution in [0.15, 0.2) is 115 Å². The zero-order chi connectivity index (χ0) is 28.7. The van der Waals surface area contributed by atoms with Crippen LogP contribution in [0.1, 0.15) is 45.1 Å². The van der Waals surface area contributed by atoms with Crippen LogP contribution in [0.2, 0.25) is 0 Å². The minimum Gasteiger partial charge on any atom is -0.254 e. The maximum atomic E-state index is 5.15. The lowest BCUT2D eigenvalue weighted by Crippen LogP contribution is -2.14. The van der Waals surface area contributed by atoms with Crippen LogP contribution in [-0.2, 0) is 5.41 Å². The molecule has 0 saturated heterocycles. The van der Waals surface area contributed by atoms with E-state index in [4.69, 9.17) is 19.9 Å². The zero-order valence-corrected chi connectivity index (χ0v) is 24.2. The van der Waals surface area contributed by atoms with Gasteiger partial charge in [-0.3, -0.25) is 4.98 Å². The Kier molecular flexibility index (Phi) is 6.47. The van der Waals surface area contributed by atoms with E-state index in [2.05, 4.69) is 118 Å². The van der Waals surface area contributed by atoms with E-state index in [1.165, 1.54) is 0 Å². The van der Waals surface area contributed by atoms with E-state index >= 15 is 0 Å². The Morgan fingerprint density at radius 3 is 2.21 bits per heavy atom. The molecule has 0 aliphatic heterocycles. The topological polar surface area (TPSA) is 51.6 Å². The van der Waals surface area contributed by atoms with Gasteiger partial charge in [-0.2, -0.15) is 0 Å². The molecule has 6 aromatic rings. The molecule has 1 aliphatic rings. The number of aromatic nitrogens is 4. The van der Waals surface area contributed by atoms with Crippen LogP contribution in [0.5, 0.6) is 0 Å². The van der Waals surface area contributed by atoms with Gasteiger partial charge in [0.2, 0.25) is 0 Å². The quantitative estimate of drug-likeness (QED) is 0.207. The molecule has 0 saturated carbocycles. The van der Waals surface area contributed by atoms with E-state index < -0.39 is 0 Å². The molecule has 0 atom stereocenters. The first-order valence-electron chi connectivity index (χ1n) is 14.6. The molecule has 4 heteroatoms. The molecule has 7 rings (SSSR count). The fourth-order valence-corrected chi connectivity index (χ4v) is 5.56. The Bertz CT molecular complexity index is 2010. The summed E-state index contributed by atoms with van der Waals surface area (Å²) in [5.74, 6) is 0.759. The number of hydrogen-bond acceptors (Lipinski definition) is 4. The minimum absolute atomic E-state index is 0.120. The smallest absolute Gasteiger partial charge is 0.160 e. The summed E-state index contributed by atoms with van der Waals surface area (Å²) in [5.41, 5.74) is 10.1. The standard InChI is InChI=1S/C38H32N4/c1-38(2,3)34-23-31(30-20-19-26-18-11-21-39-35(26)36(30)42-34)28-16-10-17-29(22-28)33-24-32(25-12-6-4-7-13-25)40-37(41-33)27-14-8-5-9-15-27/h4,6-8,10-24H,5,9H2,1-3H3. The van der Waals surface area contributed by atoms with E-state index in [1.807, 2.05) is 18.3 Å². The van der Waals surface area contributed by atoms with Gasteiger partial charge in [-0.05, 0) is 48.2 Å². The Balaban J connectivity index is 1.43. The number of fused-ring (bicyclic) bond motifs is 3. The van der Waals surface area contributed by atoms with Crippen LogP contribution < -0.4 is 0 Å². The van der Waals surface area contributed by atoms with Gasteiger partial charge in [0.15, 0.2) is 5.82 Å². The predicted octanol–water partition coefficient (Wildman–Crippen LogP) is 9.60. The molecule has 4 nitrogen and oxygen atoms in total. The summed E-state index contributed by atoms with van der Waals surface area (Å²) in [6.07, 6.45) is 10.5. The maximum Gasteiger partial charge on any atom is 0.160 e. The molecule has 0 N–H and O–H groups in total. The number of hydrogen-bond donors (Lipinski definition) is 0. The third kappa shape index (κ3) is 4.90. The van der Waals surface area contributed by atoms with Crippen LogP contribution in [0, 0.1) is 0 Å². The Labute approximate surface area is 246 Å². The van der Waals surface area contributed by atoms with Gasteiger partial charge in [-0.1, -0.05) is 106 Å². The third-order valence-corrected chi connectivity index (χ3v) is 7.84. The average Bonchev–Trinajstić information content (AvgIpc) is 3.04. The van der Waals surface area contributed by atoms with Gasteiger partial charge in [-0.25, -0.2) is 15.0 Å². The van der Waals surface area contributed by atoms with Gasteiger partial charge < -0.3 is 0 Å². The van der Waals surface area contributed by atoms with Crippen molar-refractivity contribution < 1.29 is 0 Å². The molecule has 0 fully saturated rings. The lowest BCUT2D eigenvalue weighted by molar-refractivity contribution is 0.572. The Morgan fingerprint density at radius 2 is 1.43 bits per heavy atom. The molecule has 42 heavy (non-hydrogen) atoms. The van der Waals surface area contributed by atoms with Crippen molar-refractivity contribution in [1.29, 1.82) is 0 Å². The van der Waals surface area contributed by atoms with Crippen LogP contribution in [0.25, 0.3) is 61.0 Å². The largest absolute Gasteiger partial charge is 0.254 e. The van der Waals surface area contributed by atoms with Crippen molar-refractivity contribution in [3.63, 3.8) is 0 Å². The second-order valence-corrected chi connectivity index (χ2v) is 11.9. The van der Waals surface area contributed by atoms with E-state index in [-0.39, 0.29) is 5.41 Å². The molecule has 3 aromatic heterocycles. The second-order valence-electron chi connectivity index (χ2n) is 11.9. The number of benzene rings is 3. The summed E-state index contributed by atoms with van der Waals surface area (Å²) >= 11 is 0. The normalized spacial score (nSPS) is 13.5. The Morgan fingerprint density at radius 1 is 0.643 bits per heavy atom. The molecule has 1 aliphatic carbocycles.